The van der Waals surface area contributed by atoms with Gasteiger partial charge in [0.25, 0.3) is 11.8 Å². The number of fused-ring (bicyclic) bond motifs is 4. The van der Waals surface area contributed by atoms with E-state index in [4.69, 9.17) is 30.5 Å². The van der Waals surface area contributed by atoms with E-state index < -0.39 is 33.8 Å². The number of carbonyl (C=O) groups excluding carboxylic acids is 2. The molecule has 7 atom stereocenters. The summed E-state index contributed by atoms with van der Waals surface area (Å²) in [4.78, 5) is 34.7. The van der Waals surface area contributed by atoms with Crippen LogP contribution in [0.4, 0.5) is 5.69 Å². The molecule has 4 heterocycles. The van der Waals surface area contributed by atoms with Crippen molar-refractivity contribution in [3.63, 3.8) is 0 Å². The van der Waals surface area contributed by atoms with E-state index in [0.717, 1.165) is 49.4 Å². The number of rotatable bonds is 8. The average Bonchev–Trinajstić information content (AvgIpc) is 3.84. The quantitative estimate of drug-likeness (QED) is 0.208. The zero-order valence-electron chi connectivity index (χ0n) is 33.9. The molecule has 1 fully saturated rings. The zero-order chi connectivity index (χ0) is 41.3. The fraction of sp³-hybridized carbons (Fsp3) is 0.488. The molecule has 1 unspecified atom stereocenters. The monoisotopic (exact) mass is 845 g/mol. The number of aromatic nitrogens is 4. The third-order valence-electron chi connectivity index (χ3n) is 12.4. The SMILES string of the molecule is COc1nn(C)cc1C(=O)NS1(=O)=NC(=O)c2ccc3c(c2)N(C[C@@H]2CC[C@H]2[C@@H](OC)/C=C/[C@H](OCCn2ccnc2)[C@H](C)C1)C[C@@]1(CCCc2cc(Cl)ccc21)CO3. The van der Waals surface area contributed by atoms with Gasteiger partial charge in [0.05, 0.1) is 50.3 Å². The minimum absolute atomic E-state index is 0.0523. The van der Waals surface area contributed by atoms with Gasteiger partial charge in [-0.1, -0.05) is 36.7 Å². The molecule has 1 spiro atoms. The standard InChI is InChI=1S/C43H52ClN7O7S/c1-28-24-59(54,48-41(53)34-23-49(2)46-42(34)56-4)47-40(52)30-8-12-39-36(21-30)51(25-43(26-58-39)15-5-6-29-20-32(44)9-11-35(29)43)22-31-7-10-33(31)38(55-3)14-13-37(28)57-19-18-50-17-16-45-27-50/h8-9,11-14,16-17,20-21,23,27-28,31,33,37-38H,5-7,10,15,18-19,22,24-26H2,1-4H3,(H,47,48,52,53,54)/b14-13+/t28-,31+,33-,37+,38+,43+,59?/m1/s1. The molecule has 2 aliphatic heterocycles. The highest BCUT2D eigenvalue weighted by Crippen LogP contribution is 2.47. The van der Waals surface area contributed by atoms with Crippen LogP contribution in [-0.2, 0) is 44.8 Å². The van der Waals surface area contributed by atoms with Gasteiger partial charge in [0.1, 0.15) is 21.2 Å². The lowest BCUT2D eigenvalue weighted by molar-refractivity contribution is 0.0106. The Bertz CT molecular complexity index is 2340. The molecular weight excluding hydrogens is 794 g/mol. The van der Waals surface area contributed by atoms with Gasteiger partial charge in [0, 0.05) is 74.3 Å². The summed E-state index contributed by atoms with van der Waals surface area (Å²) < 4.78 is 50.1. The number of hydrogen-bond donors (Lipinski definition) is 1. The molecule has 14 nitrogen and oxygen atoms in total. The molecule has 2 aromatic carbocycles. The van der Waals surface area contributed by atoms with Crippen molar-refractivity contribution in [2.45, 2.75) is 63.2 Å². The van der Waals surface area contributed by atoms with E-state index in [9.17, 15) is 9.59 Å². The predicted molar refractivity (Wildman–Crippen MR) is 224 cm³/mol. The van der Waals surface area contributed by atoms with Crippen molar-refractivity contribution < 1.29 is 32.7 Å². The average molecular weight is 846 g/mol. The minimum atomic E-state index is -3.79. The first-order chi connectivity index (χ1) is 28.5. The Morgan fingerprint density at radius 2 is 1.98 bits per heavy atom. The topological polar surface area (TPSA) is 151 Å². The summed E-state index contributed by atoms with van der Waals surface area (Å²) in [7, 11) is 0.991. The highest BCUT2D eigenvalue weighted by atomic mass is 35.5. The molecule has 8 rings (SSSR count). The molecule has 59 heavy (non-hydrogen) atoms. The van der Waals surface area contributed by atoms with Crippen LogP contribution in [0.2, 0.25) is 5.02 Å². The van der Waals surface area contributed by atoms with E-state index in [1.54, 1.807) is 38.8 Å². The number of hydrogen-bond acceptors (Lipinski definition) is 10. The summed E-state index contributed by atoms with van der Waals surface area (Å²) in [5.74, 6) is -0.874. The third-order valence-corrected chi connectivity index (χ3v) is 14.6. The fourth-order valence-electron chi connectivity index (χ4n) is 9.24. The Labute approximate surface area is 350 Å². The largest absolute Gasteiger partial charge is 0.490 e. The van der Waals surface area contributed by atoms with Gasteiger partial charge in [-0.25, -0.2) is 9.19 Å². The Morgan fingerprint density at radius 1 is 1.14 bits per heavy atom. The maximum absolute atomic E-state index is 15.1. The van der Waals surface area contributed by atoms with Crippen molar-refractivity contribution in [1.82, 2.24) is 24.1 Å². The van der Waals surface area contributed by atoms with E-state index in [0.29, 0.717) is 38.0 Å². The molecule has 2 aromatic heterocycles. The number of anilines is 1. The van der Waals surface area contributed by atoms with E-state index in [-0.39, 0.29) is 40.2 Å². The molecule has 0 saturated heterocycles. The lowest BCUT2D eigenvalue weighted by Crippen LogP contribution is -2.49. The van der Waals surface area contributed by atoms with Crippen molar-refractivity contribution in [2.24, 2.45) is 29.2 Å². The van der Waals surface area contributed by atoms with E-state index in [1.165, 1.54) is 29.1 Å². The Kier molecular flexibility index (Phi) is 11.9. The van der Waals surface area contributed by atoms with E-state index >= 15 is 4.21 Å². The summed E-state index contributed by atoms with van der Waals surface area (Å²) in [6.07, 6.45) is 14.9. The molecule has 2 bridgehead atoms. The lowest BCUT2D eigenvalue weighted by Gasteiger charge is -2.46. The minimum Gasteiger partial charge on any atom is -0.490 e. The van der Waals surface area contributed by atoms with Gasteiger partial charge < -0.3 is 28.4 Å². The number of amides is 2. The summed E-state index contributed by atoms with van der Waals surface area (Å²) in [6, 6.07) is 11.5. The van der Waals surface area contributed by atoms with Crippen LogP contribution < -0.4 is 19.1 Å². The molecule has 314 valence electrons. The molecule has 1 saturated carbocycles. The molecule has 0 radical (unpaired) electrons. The molecule has 1 N–H and O–H groups in total. The predicted octanol–water partition coefficient (Wildman–Crippen LogP) is 6.04. The molecule has 2 aliphatic carbocycles. The maximum atomic E-state index is 15.1. The van der Waals surface area contributed by atoms with Crippen LogP contribution in [0.25, 0.3) is 0 Å². The maximum Gasteiger partial charge on any atom is 0.286 e. The van der Waals surface area contributed by atoms with Crippen LogP contribution in [0.15, 0.2) is 77.8 Å². The number of nitrogens with zero attached hydrogens (tertiary/aromatic N) is 6. The summed E-state index contributed by atoms with van der Waals surface area (Å²) in [6.45, 7) is 4.61. The van der Waals surface area contributed by atoms with Crippen molar-refractivity contribution in [3.8, 4) is 11.6 Å². The second-order valence-electron chi connectivity index (χ2n) is 16.3. The summed E-state index contributed by atoms with van der Waals surface area (Å²) >= 11 is 6.50. The highest BCUT2D eigenvalue weighted by Gasteiger charge is 2.44. The molecule has 2 amide bonds. The Hall–Kier alpha value is -4.70. The number of methoxy groups -OCH3 is 2. The molecule has 4 aromatic rings. The van der Waals surface area contributed by atoms with Crippen LogP contribution in [0.5, 0.6) is 11.6 Å². The van der Waals surface area contributed by atoms with Crippen molar-refractivity contribution in [1.29, 1.82) is 0 Å². The van der Waals surface area contributed by atoms with Crippen LogP contribution in [0, 0.1) is 17.8 Å². The van der Waals surface area contributed by atoms with Gasteiger partial charge in [-0.15, -0.1) is 9.46 Å². The second-order valence-corrected chi connectivity index (χ2v) is 18.8. The van der Waals surface area contributed by atoms with Crippen molar-refractivity contribution in [3.05, 3.63) is 101 Å². The van der Waals surface area contributed by atoms with Gasteiger partial charge in [-0.2, -0.15) is 0 Å². The van der Waals surface area contributed by atoms with Gasteiger partial charge >= 0.3 is 0 Å². The molecule has 4 aliphatic rings. The van der Waals surface area contributed by atoms with Gasteiger partial charge in [-0.05, 0) is 85.4 Å². The fourth-order valence-corrected chi connectivity index (χ4v) is 11.3. The van der Waals surface area contributed by atoms with Crippen LogP contribution in [-0.4, -0.2) is 93.8 Å². The number of aryl methyl sites for hydroxylation is 2. The smallest absolute Gasteiger partial charge is 0.286 e. The van der Waals surface area contributed by atoms with E-state index in [1.807, 2.05) is 35.9 Å². The number of halogens is 1. The van der Waals surface area contributed by atoms with Crippen LogP contribution >= 0.6 is 11.6 Å². The highest BCUT2D eigenvalue weighted by molar-refractivity contribution is 7.92. The first-order valence-electron chi connectivity index (χ1n) is 20.2. The number of carbonyl (C=O) groups is 2. The number of benzene rings is 2. The Morgan fingerprint density at radius 3 is 2.75 bits per heavy atom. The third kappa shape index (κ3) is 8.66. The Balaban J connectivity index is 1.20. The zero-order valence-corrected chi connectivity index (χ0v) is 35.5. The van der Waals surface area contributed by atoms with Crippen molar-refractivity contribution in [2.75, 3.05) is 51.2 Å². The van der Waals surface area contributed by atoms with Crippen LogP contribution in [0.3, 0.4) is 0 Å². The van der Waals surface area contributed by atoms with Gasteiger partial charge in [0.15, 0.2) is 0 Å². The second kappa shape index (κ2) is 17.1. The van der Waals surface area contributed by atoms with Crippen LogP contribution in [0.1, 0.15) is 64.4 Å². The number of nitrogens with one attached hydrogen (secondary N) is 1. The number of imidazole rings is 1. The van der Waals surface area contributed by atoms with Crippen molar-refractivity contribution >= 4 is 39.0 Å². The summed E-state index contributed by atoms with van der Waals surface area (Å²) in [5.41, 5.74) is 3.25. The lowest BCUT2D eigenvalue weighted by atomic mass is 9.68. The summed E-state index contributed by atoms with van der Waals surface area (Å²) in [5, 5.41) is 4.91. The van der Waals surface area contributed by atoms with Gasteiger partial charge in [-0.3, -0.25) is 19.0 Å². The molecule has 16 heteroatoms. The normalized spacial score (nSPS) is 28.6. The van der Waals surface area contributed by atoms with E-state index in [2.05, 4.69) is 42.3 Å². The molecular formula is C43H52ClN7O7S. The first-order valence-corrected chi connectivity index (χ1v) is 22.3. The first kappa shape index (κ1) is 41.1. The number of ether oxygens (including phenoxy) is 4. The van der Waals surface area contributed by atoms with Gasteiger partial charge in [0.2, 0.25) is 5.88 Å².